The number of hydrogen-bond acceptors (Lipinski definition) is 5. The number of anilines is 1. The molecular weight excluding hydrogens is 309 g/mol. The summed E-state index contributed by atoms with van der Waals surface area (Å²) in [6, 6.07) is 3.10. The van der Waals surface area contributed by atoms with Gasteiger partial charge in [-0.3, -0.25) is 0 Å². The molecule has 0 bridgehead atoms. The molecule has 0 atom stereocenters. The lowest BCUT2D eigenvalue weighted by molar-refractivity contribution is 0.584. The molecule has 0 aliphatic rings. The second-order valence-corrected chi connectivity index (χ2v) is 7.42. The minimum Gasteiger partial charge on any atom is -0.382 e. The van der Waals surface area contributed by atoms with E-state index in [0.717, 1.165) is 12.1 Å². The highest BCUT2D eigenvalue weighted by atomic mass is 32.2. The van der Waals surface area contributed by atoms with Gasteiger partial charge in [0.1, 0.15) is 5.82 Å². The minimum atomic E-state index is -3.97. The number of halogens is 1. The van der Waals surface area contributed by atoms with E-state index in [1.807, 2.05) is 0 Å². The van der Waals surface area contributed by atoms with Gasteiger partial charge in [-0.05, 0) is 18.2 Å². The van der Waals surface area contributed by atoms with Crippen LogP contribution in [0.2, 0.25) is 0 Å². The molecule has 1 aromatic rings. The summed E-state index contributed by atoms with van der Waals surface area (Å²) in [5.74, 6) is -1.05. The highest BCUT2D eigenvalue weighted by molar-refractivity contribution is 7.89. The molecule has 0 fully saturated rings. The van der Waals surface area contributed by atoms with Crippen LogP contribution in [0.4, 0.5) is 10.1 Å². The first-order valence-electron chi connectivity index (χ1n) is 5.69. The average Bonchev–Trinajstić information content (AvgIpc) is 2.29. The molecular formula is C10H16FN3O4S2. The molecule has 7 nitrogen and oxygen atoms in total. The third-order valence-electron chi connectivity index (χ3n) is 2.32. The van der Waals surface area contributed by atoms with Gasteiger partial charge < -0.3 is 5.32 Å². The fourth-order valence-corrected chi connectivity index (χ4v) is 2.91. The average molecular weight is 325 g/mol. The Labute approximate surface area is 117 Å². The number of hydrogen-bond donors (Lipinski definition) is 3. The van der Waals surface area contributed by atoms with Gasteiger partial charge in [-0.2, -0.15) is 0 Å². The molecule has 10 heteroatoms. The van der Waals surface area contributed by atoms with E-state index in [1.165, 1.54) is 6.07 Å². The molecule has 0 unspecified atom stereocenters. The number of nitrogens with two attached hydrogens (primary N) is 1. The standard InChI is InChI=1S/C10H16FN3O4S2/c1-2-14-19(15,16)6-5-13-10-4-3-8(7-9(10)11)20(12,17)18/h3-4,7,13-14H,2,5-6H2,1H3,(H2,12,17,18). The Bertz CT molecular complexity index is 674. The van der Waals surface area contributed by atoms with Crippen LogP contribution < -0.4 is 15.2 Å². The van der Waals surface area contributed by atoms with Crippen LogP contribution in [0, 0.1) is 5.82 Å². The fraction of sp³-hybridized carbons (Fsp3) is 0.400. The van der Waals surface area contributed by atoms with Crippen LogP contribution in [-0.2, 0) is 20.0 Å². The first-order valence-corrected chi connectivity index (χ1v) is 8.89. The van der Waals surface area contributed by atoms with Crippen molar-refractivity contribution in [1.82, 2.24) is 4.72 Å². The highest BCUT2D eigenvalue weighted by Gasteiger charge is 2.12. The summed E-state index contributed by atoms with van der Waals surface area (Å²) >= 11 is 0. The molecule has 114 valence electrons. The number of benzene rings is 1. The van der Waals surface area contributed by atoms with E-state index in [0.29, 0.717) is 0 Å². The molecule has 0 radical (unpaired) electrons. The van der Waals surface area contributed by atoms with Gasteiger partial charge in [-0.15, -0.1) is 0 Å². The largest absolute Gasteiger partial charge is 0.382 e. The van der Waals surface area contributed by atoms with Crippen LogP contribution in [-0.4, -0.2) is 35.7 Å². The smallest absolute Gasteiger partial charge is 0.238 e. The Morgan fingerprint density at radius 3 is 2.40 bits per heavy atom. The zero-order valence-corrected chi connectivity index (χ0v) is 12.4. The first-order chi connectivity index (χ1) is 9.15. The van der Waals surface area contributed by atoms with Gasteiger partial charge in [0.15, 0.2) is 0 Å². The summed E-state index contributed by atoms with van der Waals surface area (Å²) < 4.78 is 60.6. The van der Waals surface area contributed by atoms with Crippen molar-refractivity contribution in [3.63, 3.8) is 0 Å². The monoisotopic (exact) mass is 325 g/mol. The third-order valence-corrected chi connectivity index (χ3v) is 4.70. The zero-order chi connectivity index (χ0) is 15.4. The summed E-state index contributed by atoms with van der Waals surface area (Å²) in [5, 5.41) is 7.44. The summed E-state index contributed by atoms with van der Waals surface area (Å²) in [7, 11) is -7.36. The van der Waals surface area contributed by atoms with Gasteiger partial charge in [0, 0.05) is 13.1 Å². The Morgan fingerprint density at radius 2 is 1.90 bits per heavy atom. The van der Waals surface area contributed by atoms with Crippen LogP contribution >= 0.6 is 0 Å². The zero-order valence-electron chi connectivity index (χ0n) is 10.8. The third kappa shape index (κ3) is 5.04. The van der Waals surface area contributed by atoms with E-state index in [2.05, 4.69) is 10.0 Å². The predicted octanol–water partition coefficient (Wildman–Crippen LogP) is -0.176. The van der Waals surface area contributed by atoms with Gasteiger partial charge in [-0.1, -0.05) is 6.92 Å². The summed E-state index contributed by atoms with van der Waals surface area (Å²) in [6.07, 6.45) is 0. The Morgan fingerprint density at radius 1 is 1.25 bits per heavy atom. The fourth-order valence-electron chi connectivity index (χ4n) is 1.43. The second-order valence-electron chi connectivity index (χ2n) is 3.93. The van der Waals surface area contributed by atoms with E-state index >= 15 is 0 Å². The van der Waals surface area contributed by atoms with Crippen molar-refractivity contribution in [3.05, 3.63) is 24.0 Å². The number of primary sulfonamides is 1. The van der Waals surface area contributed by atoms with Crippen molar-refractivity contribution in [1.29, 1.82) is 0 Å². The van der Waals surface area contributed by atoms with Crippen LogP contribution in [0.3, 0.4) is 0 Å². The Balaban J connectivity index is 2.71. The second kappa shape index (κ2) is 6.48. The highest BCUT2D eigenvalue weighted by Crippen LogP contribution is 2.17. The Kier molecular flexibility index (Phi) is 5.45. The predicted molar refractivity (Wildman–Crippen MR) is 73.7 cm³/mol. The van der Waals surface area contributed by atoms with Gasteiger partial charge in [0.05, 0.1) is 16.3 Å². The van der Waals surface area contributed by atoms with Gasteiger partial charge in [0.25, 0.3) is 0 Å². The molecule has 0 amide bonds. The lowest BCUT2D eigenvalue weighted by Gasteiger charge is -2.09. The molecule has 1 rings (SSSR count). The van der Waals surface area contributed by atoms with Crippen molar-refractivity contribution in [2.24, 2.45) is 5.14 Å². The van der Waals surface area contributed by atoms with E-state index in [-0.39, 0.29) is 29.4 Å². The maximum absolute atomic E-state index is 13.6. The molecule has 1 aromatic carbocycles. The number of nitrogens with one attached hydrogen (secondary N) is 2. The van der Waals surface area contributed by atoms with Crippen molar-refractivity contribution >= 4 is 25.7 Å². The van der Waals surface area contributed by atoms with E-state index in [4.69, 9.17) is 5.14 Å². The SMILES string of the molecule is CCNS(=O)(=O)CCNc1ccc(S(N)(=O)=O)cc1F. The molecule has 0 aromatic heterocycles. The maximum atomic E-state index is 13.6. The molecule has 0 saturated heterocycles. The number of rotatable bonds is 7. The van der Waals surface area contributed by atoms with Crippen molar-refractivity contribution in [2.75, 3.05) is 24.2 Å². The van der Waals surface area contributed by atoms with Gasteiger partial charge in [0.2, 0.25) is 20.0 Å². The molecule has 0 aliphatic carbocycles. The lowest BCUT2D eigenvalue weighted by Crippen LogP contribution is -2.29. The molecule has 4 N–H and O–H groups in total. The molecule has 0 aliphatic heterocycles. The number of sulfonamides is 2. The van der Waals surface area contributed by atoms with Crippen molar-refractivity contribution < 1.29 is 21.2 Å². The molecule has 0 saturated carbocycles. The summed E-state index contributed by atoms with van der Waals surface area (Å²) in [6.45, 7) is 1.91. The minimum absolute atomic E-state index is 0.00379. The first kappa shape index (κ1) is 16.8. The van der Waals surface area contributed by atoms with Crippen LogP contribution in [0.1, 0.15) is 6.92 Å². The van der Waals surface area contributed by atoms with Gasteiger partial charge >= 0.3 is 0 Å². The van der Waals surface area contributed by atoms with Crippen LogP contribution in [0.5, 0.6) is 0 Å². The molecule has 0 heterocycles. The maximum Gasteiger partial charge on any atom is 0.238 e. The Hall–Kier alpha value is -1.23. The van der Waals surface area contributed by atoms with Gasteiger partial charge in [-0.25, -0.2) is 31.1 Å². The summed E-state index contributed by atoms with van der Waals surface area (Å²) in [4.78, 5) is -0.346. The van der Waals surface area contributed by atoms with Crippen molar-refractivity contribution in [2.45, 2.75) is 11.8 Å². The van der Waals surface area contributed by atoms with E-state index in [1.54, 1.807) is 6.92 Å². The van der Waals surface area contributed by atoms with Crippen LogP contribution in [0.15, 0.2) is 23.1 Å². The summed E-state index contributed by atoms with van der Waals surface area (Å²) in [5.41, 5.74) is 0.00379. The van der Waals surface area contributed by atoms with E-state index < -0.39 is 25.9 Å². The molecule has 20 heavy (non-hydrogen) atoms. The topological polar surface area (TPSA) is 118 Å². The normalized spacial score (nSPS) is 12.3. The van der Waals surface area contributed by atoms with Crippen molar-refractivity contribution in [3.8, 4) is 0 Å². The lowest BCUT2D eigenvalue weighted by atomic mass is 10.3. The van der Waals surface area contributed by atoms with E-state index in [9.17, 15) is 21.2 Å². The quantitative estimate of drug-likeness (QED) is 0.643. The molecule has 0 spiro atoms. The van der Waals surface area contributed by atoms with Crippen LogP contribution in [0.25, 0.3) is 0 Å².